The number of aromatic nitrogens is 3. The molecule has 0 radical (unpaired) electrons. The fourth-order valence-electron chi connectivity index (χ4n) is 4.39. The molecule has 2 fully saturated rings. The Balaban J connectivity index is 0.00000256. The third-order valence-corrected chi connectivity index (χ3v) is 5.95. The minimum atomic E-state index is 0. The van der Waals surface area contributed by atoms with E-state index in [1.807, 2.05) is 12.1 Å². The Hall–Kier alpha value is -1.62. The monoisotopic (exact) mass is 527 g/mol. The molecule has 166 valence electrons. The highest BCUT2D eigenvalue weighted by molar-refractivity contribution is 14.0. The van der Waals surface area contributed by atoms with E-state index in [1.54, 1.807) is 6.26 Å². The van der Waals surface area contributed by atoms with Crippen LogP contribution in [0.15, 0.2) is 27.8 Å². The van der Waals surface area contributed by atoms with E-state index in [0.29, 0.717) is 30.6 Å². The van der Waals surface area contributed by atoms with Crippen molar-refractivity contribution in [2.24, 2.45) is 4.99 Å². The molecule has 4 rings (SSSR count). The van der Waals surface area contributed by atoms with Gasteiger partial charge in [-0.1, -0.05) is 12.8 Å². The Kier molecular flexibility index (Phi) is 8.98. The Morgan fingerprint density at radius 1 is 1.27 bits per heavy atom. The summed E-state index contributed by atoms with van der Waals surface area (Å²) in [4.78, 5) is 11.9. The molecule has 8 nitrogen and oxygen atoms in total. The van der Waals surface area contributed by atoms with Crippen molar-refractivity contribution in [3.8, 4) is 11.6 Å². The summed E-state index contributed by atoms with van der Waals surface area (Å²) >= 11 is 0. The number of nitrogens with one attached hydrogen (secondary N) is 3. The third-order valence-electron chi connectivity index (χ3n) is 5.95. The molecule has 2 aromatic heterocycles. The van der Waals surface area contributed by atoms with Gasteiger partial charge in [-0.15, -0.1) is 24.0 Å². The predicted molar refractivity (Wildman–Crippen MR) is 129 cm³/mol. The number of aliphatic imine (C=N–C) groups is 1. The zero-order valence-electron chi connectivity index (χ0n) is 17.8. The molecule has 2 aliphatic rings. The molecular weight excluding hydrogens is 493 g/mol. The number of guanidine groups is 1. The molecule has 3 N–H and O–H groups in total. The van der Waals surface area contributed by atoms with E-state index < -0.39 is 0 Å². The fraction of sp³-hybridized carbons (Fsp3) is 0.667. The normalized spacial score (nSPS) is 19.0. The number of hydrogen-bond acceptors (Lipinski definition) is 5. The molecule has 0 spiro atoms. The number of likely N-dealkylation sites (tertiary alicyclic amines) is 1. The van der Waals surface area contributed by atoms with Crippen molar-refractivity contribution in [2.75, 3.05) is 26.2 Å². The van der Waals surface area contributed by atoms with Crippen molar-refractivity contribution in [1.29, 1.82) is 0 Å². The van der Waals surface area contributed by atoms with Crippen molar-refractivity contribution in [3.05, 3.63) is 24.2 Å². The van der Waals surface area contributed by atoms with Gasteiger partial charge in [0.05, 0.1) is 6.26 Å². The number of hydrogen-bond donors (Lipinski definition) is 3. The first kappa shape index (κ1) is 23.1. The van der Waals surface area contributed by atoms with Crippen LogP contribution in [0.4, 0.5) is 0 Å². The zero-order chi connectivity index (χ0) is 19.9. The van der Waals surface area contributed by atoms with Crippen LogP contribution in [0, 0.1) is 0 Å². The van der Waals surface area contributed by atoms with Gasteiger partial charge in [0.1, 0.15) is 5.82 Å². The van der Waals surface area contributed by atoms with Crippen molar-refractivity contribution >= 4 is 29.9 Å². The molecule has 0 aromatic carbocycles. The van der Waals surface area contributed by atoms with Crippen LogP contribution in [0.5, 0.6) is 0 Å². The number of rotatable bonds is 7. The topological polar surface area (TPSA) is 94.4 Å². The van der Waals surface area contributed by atoms with Crippen LogP contribution in [0.2, 0.25) is 0 Å². The van der Waals surface area contributed by atoms with Gasteiger partial charge in [-0.2, -0.15) is 5.10 Å². The summed E-state index contributed by atoms with van der Waals surface area (Å²) in [7, 11) is 0. The maximum atomic E-state index is 5.34. The van der Waals surface area contributed by atoms with Gasteiger partial charge in [0, 0.05) is 44.7 Å². The van der Waals surface area contributed by atoms with Crippen molar-refractivity contribution < 1.29 is 4.42 Å². The molecule has 1 aliphatic carbocycles. The summed E-state index contributed by atoms with van der Waals surface area (Å²) in [6.07, 6.45) is 10.3. The first-order valence-electron chi connectivity index (χ1n) is 11.1. The molecule has 1 saturated heterocycles. The first-order valence-corrected chi connectivity index (χ1v) is 11.1. The van der Waals surface area contributed by atoms with Gasteiger partial charge in [-0.05, 0) is 44.7 Å². The molecule has 2 aromatic rings. The van der Waals surface area contributed by atoms with E-state index >= 15 is 0 Å². The molecule has 0 unspecified atom stereocenters. The number of piperidine rings is 1. The summed E-state index contributed by atoms with van der Waals surface area (Å²) in [6.45, 7) is 6.03. The largest absolute Gasteiger partial charge is 0.461 e. The maximum absolute atomic E-state index is 5.34. The summed E-state index contributed by atoms with van der Waals surface area (Å²) < 4.78 is 5.34. The summed E-state index contributed by atoms with van der Waals surface area (Å²) in [6, 6.07) is 5.03. The summed E-state index contributed by atoms with van der Waals surface area (Å²) in [5.74, 6) is 2.99. The standard InChI is InChI=1S/C21H33N7O.HI/c1-2-22-21(24-16-10-13-28(14-11-16)17-6-3-4-7-17)23-12-9-19-25-20(27-26-19)18-8-5-15-29-18;/h5,8,15-17H,2-4,6-7,9-14H2,1H3,(H2,22,23,24)(H,25,26,27);1H. The number of halogens is 1. The van der Waals surface area contributed by atoms with E-state index in [-0.39, 0.29) is 24.0 Å². The van der Waals surface area contributed by atoms with Crippen LogP contribution < -0.4 is 10.6 Å². The lowest BCUT2D eigenvalue weighted by Crippen LogP contribution is -2.50. The highest BCUT2D eigenvalue weighted by Crippen LogP contribution is 2.26. The summed E-state index contributed by atoms with van der Waals surface area (Å²) in [5, 5.41) is 14.2. The molecule has 0 amide bonds. The minimum Gasteiger partial charge on any atom is -0.461 e. The van der Waals surface area contributed by atoms with E-state index in [0.717, 1.165) is 24.4 Å². The zero-order valence-corrected chi connectivity index (χ0v) is 20.1. The fourth-order valence-corrected chi connectivity index (χ4v) is 4.39. The SMILES string of the molecule is CCNC(=NCCc1nc(-c2ccco2)n[nH]1)NC1CCN(C2CCCC2)CC1.I. The second kappa shape index (κ2) is 11.7. The molecule has 0 atom stereocenters. The minimum absolute atomic E-state index is 0. The second-order valence-electron chi connectivity index (χ2n) is 7.99. The van der Waals surface area contributed by atoms with Gasteiger partial charge < -0.3 is 20.0 Å². The Morgan fingerprint density at radius 2 is 2.07 bits per heavy atom. The van der Waals surface area contributed by atoms with Gasteiger partial charge in [0.15, 0.2) is 11.7 Å². The summed E-state index contributed by atoms with van der Waals surface area (Å²) in [5.41, 5.74) is 0. The van der Waals surface area contributed by atoms with E-state index in [4.69, 9.17) is 9.41 Å². The van der Waals surface area contributed by atoms with Gasteiger partial charge in [-0.3, -0.25) is 10.1 Å². The van der Waals surface area contributed by atoms with Gasteiger partial charge in [0.25, 0.3) is 0 Å². The number of furan rings is 1. The molecule has 1 saturated carbocycles. The smallest absolute Gasteiger partial charge is 0.216 e. The van der Waals surface area contributed by atoms with Crippen LogP contribution in [0.1, 0.15) is 51.3 Å². The molecular formula is C21H34IN7O. The average Bonchev–Trinajstić information content (AvgIpc) is 3.50. The number of nitrogens with zero attached hydrogens (tertiary/aromatic N) is 4. The van der Waals surface area contributed by atoms with Crippen molar-refractivity contribution in [1.82, 2.24) is 30.7 Å². The quantitative estimate of drug-likeness (QED) is 0.291. The van der Waals surface area contributed by atoms with Crippen LogP contribution in [-0.4, -0.2) is 64.3 Å². The maximum Gasteiger partial charge on any atom is 0.216 e. The van der Waals surface area contributed by atoms with E-state index in [9.17, 15) is 0 Å². The van der Waals surface area contributed by atoms with Gasteiger partial charge in [0.2, 0.25) is 5.82 Å². The Morgan fingerprint density at radius 3 is 2.77 bits per heavy atom. The third kappa shape index (κ3) is 6.19. The van der Waals surface area contributed by atoms with Crippen LogP contribution in [0.3, 0.4) is 0 Å². The van der Waals surface area contributed by atoms with Crippen LogP contribution >= 0.6 is 24.0 Å². The van der Waals surface area contributed by atoms with Crippen molar-refractivity contribution in [3.63, 3.8) is 0 Å². The van der Waals surface area contributed by atoms with Gasteiger partial charge in [-0.25, -0.2) is 4.98 Å². The van der Waals surface area contributed by atoms with Crippen LogP contribution in [0.25, 0.3) is 11.6 Å². The van der Waals surface area contributed by atoms with Crippen LogP contribution in [-0.2, 0) is 6.42 Å². The highest BCUT2D eigenvalue weighted by atomic mass is 127. The molecule has 30 heavy (non-hydrogen) atoms. The first-order chi connectivity index (χ1) is 14.3. The lowest BCUT2D eigenvalue weighted by molar-refractivity contribution is 0.150. The molecule has 9 heteroatoms. The lowest BCUT2D eigenvalue weighted by Gasteiger charge is -2.36. The number of aromatic amines is 1. The molecule has 3 heterocycles. The Bertz CT molecular complexity index is 762. The van der Waals surface area contributed by atoms with E-state index in [1.165, 1.54) is 51.6 Å². The van der Waals surface area contributed by atoms with Crippen molar-refractivity contribution in [2.45, 2.75) is 64.0 Å². The average molecular weight is 527 g/mol. The van der Waals surface area contributed by atoms with Gasteiger partial charge >= 0.3 is 0 Å². The predicted octanol–water partition coefficient (Wildman–Crippen LogP) is 3.19. The second-order valence-corrected chi connectivity index (χ2v) is 7.99. The molecule has 0 bridgehead atoms. The Labute approximate surface area is 195 Å². The number of H-pyrrole nitrogens is 1. The molecule has 1 aliphatic heterocycles. The highest BCUT2D eigenvalue weighted by Gasteiger charge is 2.27. The lowest BCUT2D eigenvalue weighted by atomic mass is 10.0. The van der Waals surface area contributed by atoms with E-state index in [2.05, 4.69) is 37.6 Å².